The highest BCUT2D eigenvalue weighted by Crippen LogP contribution is 2.10. The monoisotopic (exact) mass is 239 g/mol. The van der Waals surface area contributed by atoms with Crippen molar-refractivity contribution in [3.05, 3.63) is 71.3 Å². The van der Waals surface area contributed by atoms with Gasteiger partial charge in [0.05, 0.1) is 0 Å². The van der Waals surface area contributed by atoms with E-state index in [9.17, 15) is 0 Å². The zero-order valence-corrected chi connectivity index (χ0v) is 11.3. The van der Waals surface area contributed by atoms with Crippen LogP contribution in [-0.2, 0) is 19.5 Å². The minimum atomic E-state index is 0.997. The van der Waals surface area contributed by atoms with Gasteiger partial charge in [0, 0.05) is 13.1 Å². The Morgan fingerprint density at radius 3 is 2.11 bits per heavy atom. The summed E-state index contributed by atoms with van der Waals surface area (Å²) in [7, 11) is 2.17. The van der Waals surface area contributed by atoms with Crippen LogP contribution in [0.25, 0.3) is 0 Å². The molecule has 0 radical (unpaired) electrons. The highest BCUT2D eigenvalue weighted by atomic mass is 15.1. The van der Waals surface area contributed by atoms with E-state index in [-0.39, 0.29) is 0 Å². The first-order valence-electron chi connectivity index (χ1n) is 6.58. The first-order chi connectivity index (χ1) is 8.78. The van der Waals surface area contributed by atoms with Gasteiger partial charge in [0.25, 0.3) is 0 Å². The molecular formula is C17H21N. The maximum atomic E-state index is 2.35. The van der Waals surface area contributed by atoms with Gasteiger partial charge in [-0.3, -0.25) is 4.90 Å². The Hall–Kier alpha value is -1.60. The quantitative estimate of drug-likeness (QED) is 0.765. The van der Waals surface area contributed by atoms with Crippen molar-refractivity contribution in [3.8, 4) is 0 Å². The lowest BCUT2D eigenvalue weighted by Crippen LogP contribution is -2.17. The standard InChI is InChI=1S/C17H21N/c1-3-15-10-7-11-17(12-15)14-18(2)13-16-8-5-4-6-9-16/h4-12H,3,13-14H2,1-2H3. The van der Waals surface area contributed by atoms with Crippen molar-refractivity contribution in [2.24, 2.45) is 0 Å². The molecule has 0 unspecified atom stereocenters. The van der Waals surface area contributed by atoms with Crippen LogP contribution in [0.4, 0.5) is 0 Å². The van der Waals surface area contributed by atoms with E-state index in [0.717, 1.165) is 19.5 Å². The molecule has 2 aromatic rings. The number of aryl methyl sites for hydroxylation is 1. The van der Waals surface area contributed by atoms with Gasteiger partial charge in [0.2, 0.25) is 0 Å². The first kappa shape index (κ1) is 12.8. The van der Waals surface area contributed by atoms with Crippen LogP contribution in [0.1, 0.15) is 23.6 Å². The van der Waals surface area contributed by atoms with Gasteiger partial charge in [0.1, 0.15) is 0 Å². The normalized spacial score (nSPS) is 10.8. The molecule has 0 aliphatic rings. The molecular weight excluding hydrogens is 218 g/mol. The van der Waals surface area contributed by atoms with Gasteiger partial charge in [-0.1, -0.05) is 61.5 Å². The van der Waals surface area contributed by atoms with E-state index in [2.05, 4.69) is 73.5 Å². The summed E-state index contributed by atoms with van der Waals surface area (Å²) in [6.07, 6.45) is 1.11. The van der Waals surface area contributed by atoms with Crippen molar-refractivity contribution in [1.82, 2.24) is 4.90 Å². The van der Waals surface area contributed by atoms with Gasteiger partial charge in [-0.15, -0.1) is 0 Å². The zero-order chi connectivity index (χ0) is 12.8. The Morgan fingerprint density at radius 1 is 0.778 bits per heavy atom. The molecule has 0 bridgehead atoms. The van der Waals surface area contributed by atoms with Crippen molar-refractivity contribution >= 4 is 0 Å². The topological polar surface area (TPSA) is 3.24 Å². The molecule has 0 fully saturated rings. The lowest BCUT2D eigenvalue weighted by molar-refractivity contribution is 0.319. The van der Waals surface area contributed by atoms with Crippen LogP contribution in [0.3, 0.4) is 0 Å². The highest BCUT2D eigenvalue weighted by Gasteiger charge is 2.02. The molecule has 0 atom stereocenters. The maximum absolute atomic E-state index is 2.35. The van der Waals surface area contributed by atoms with Crippen molar-refractivity contribution < 1.29 is 0 Å². The molecule has 0 N–H and O–H groups in total. The van der Waals surface area contributed by atoms with Crippen molar-refractivity contribution in [1.29, 1.82) is 0 Å². The Labute approximate surface area is 110 Å². The largest absolute Gasteiger partial charge is 0.298 e. The molecule has 0 aliphatic heterocycles. The van der Waals surface area contributed by atoms with Crippen molar-refractivity contribution in [3.63, 3.8) is 0 Å². The van der Waals surface area contributed by atoms with Crippen LogP contribution in [0.5, 0.6) is 0 Å². The molecule has 0 spiro atoms. The molecule has 1 heteroatoms. The summed E-state index contributed by atoms with van der Waals surface area (Å²) in [6.45, 7) is 4.20. The molecule has 1 nitrogen and oxygen atoms in total. The molecule has 0 amide bonds. The van der Waals surface area contributed by atoms with Crippen LogP contribution in [0.2, 0.25) is 0 Å². The number of nitrogens with zero attached hydrogens (tertiary/aromatic N) is 1. The predicted molar refractivity (Wildman–Crippen MR) is 77.4 cm³/mol. The van der Waals surface area contributed by atoms with Gasteiger partial charge >= 0.3 is 0 Å². The van der Waals surface area contributed by atoms with E-state index < -0.39 is 0 Å². The summed E-state index contributed by atoms with van der Waals surface area (Å²) in [6, 6.07) is 19.5. The van der Waals surface area contributed by atoms with E-state index in [1.54, 1.807) is 0 Å². The van der Waals surface area contributed by atoms with Crippen molar-refractivity contribution in [2.75, 3.05) is 7.05 Å². The van der Waals surface area contributed by atoms with Crippen LogP contribution in [0, 0.1) is 0 Å². The number of hydrogen-bond donors (Lipinski definition) is 0. The second-order valence-corrected chi connectivity index (χ2v) is 4.83. The van der Waals surface area contributed by atoms with Crippen molar-refractivity contribution in [2.45, 2.75) is 26.4 Å². The minimum Gasteiger partial charge on any atom is -0.298 e. The van der Waals surface area contributed by atoms with Crippen LogP contribution in [0.15, 0.2) is 54.6 Å². The molecule has 18 heavy (non-hydrogen) atoms. The average molecular weight is 239 g/mol. The molecule has 0 heterocycles. The molecule has 0 aliphatic carbocycles. The Kier molecular flexibility index (Phi) is 4.54. The zero-order valence-electron chi connectivity index (χ0n) is 11.3. The molecule has 0 aromatic heterocycles. The fourth-order valence-corrected chi connectivity index (χ4v) is 2.21. The molecule has 0 saturated heterocycles. The second kappa shape index (κ2) is 6.36. The third kappa shape index (κ3) is 3.71. The third-order valence-corrected chi connectivity index (χ3v) is 3.15. The number of benzene rings is 2. The van der Waals surface area contributed by atoms with Crippen LogP contribution in [-0.4, -0.2) is 11.9 Å². The summed E-state index contributed by atoms with van der Waals surface area (Å²) < 4.78 is 0. The van der Waals surface area contributed by atoms with E-state index >= 15 is 0 Å². The summed E-state index contributed by atoms with van der Waals surface area (Å²) in [5.74, 6) is 0. The molecule has 0 saturated carbocycles. The highest BCUT2D eigenvalue weighted by molar-refractivity contribution is 5.23. The van der Waals surface area contributed by atoms with E-state index in [1.165, 1.54) is 16.7 Å². The lowest BCUT2D eigenvalue weighted by atomic mass is 10.1. The fourth-order valence-electron chi connectivity index (χ4n) is 2.21. The summed E-state index contributed by atoms with van der Waals surface area (Å²) >= 11 is 0. The Bertz CT molecular complexity index is 476. The summed E-state index contributed by atoms with van der Waals surface area (Å²) in [5, 5.41) is 0. The summed E-state index contributed by atoms with van der Waals surface area (Å²) in [5.41, 5.74) is 4.18. The van der Waals surface area contributed by atoms with Crippen LogP contribution < -0.4 is 0 Å². The van der Waals surface area contributed by atoms with E-state index in [1.807, 2.05) is 0 Å². The molecule has 2 aromatic carbocycles. The fraction of sp³-hybridized carbons (Fsp3) is 0.294. The number of rotatable bonds is 5. The average Bonchev–Trinajstić information content (AvgIpc) is 2.40. The van der Waals surface area contributed by atoms with Gasteiger partial charge in [-0.25, -0.2) is 0 Å². The Balaban J connectivity index is 1.96. The van der Waals surface area contributed by atoms with Crippen LogP contribution >= 0.6 is 0 Å². The maximum Gasteiger partial charge on any atom is 0.0234 e. The van der Waals surface area contributed by atoms with E-state index in [4.69, 9.17) is 0 Å². The molecule has 94 valence electrons. The smallest absolute Gasteiger partial charge is 0.0234 e. The second-order valence-electron chi connectivity index (χ2n) is 4.83. The van der Waals surface area contributed by atoms with Gasteiger partial charge < -0.3 is 0 Å². The summed E-state index contributed by atoms with van der Waals surface area (Å²) in [4.78, 5) is 2.35. The first-order valence-corrected chi connectivity index (χ1v) is 6.58. The van der Waals surface area contributed by atoms with E-state index in [0.29, 0.717) is 0 Å². The van der Waals surface area contributed by atoms with Gasteiger partial charge in [-0.2, -0.15) is 0 Å². The SMILES string of the molecule is CCc1cccc(CN(C)Cc2ccccc2)c1. The van der Waals surface area contributed by atoms with Gasteiger partial charge in [0.15, 0.2) is 0 Å². The Morgan fingerprint density at radius 2 is 1.39 bits per heavy atom. The van der Waals surface area contributed by atoms with Gasteiger partial charge in [-0.05, 0) is 30.2 Å². The number of hydrogen-bond acceptors (Lipinski definition) is 1. The third-order valence-electron chi connectivity index (χ3n) is 3.15. The molecule has 2 rings (SSSR count). The minimum absolute atomic E-state index is 0.997. The lowest BCUT2D eigenvalue weighted by Gasteiger charge is -2.17. The predicted octanol–water partition coefficient (Wildman–Crippen LogP) is 3.88.